The Morgan fingerprint density at radius 3 is 2.77 bits per heavy atom. The number of hydrogen-bond acceptors (Lipinski definition) is 7. The van der Waals surface area contributed by atoms with Gasteiger partial charge in [0.05, 0.1) is 12.1 Å². The molecule has 0 bridgehead atoms. The summed E-state index contributed by atoms with van der Waals surface area (Å²) in [5.74, 6) is 0.245. The van der Waals surface area contributed by atoms with Gasteiger partial charge in [0.15, 0.2) is 0 Å². The fraction of sp³-hybridized carbons (Fsp3) is 0.0588. The highest BCUT2D eigenvalue weighted by Crippen LogP contribution is 2.15. The van der Waals surface area contributed by atoms with E-state index in [1.807, 2.05) is 59.3 Å². The van der Waals surface area contributed by atoms with Crippen molar-refractivity contribution >= 4 is 22.3 Å². The Balaban J connectivity index is 1.48. The number of tetrazole rings is 1. The lowest BCUT2D eigenvalue weighted by Crippen LogP contribution is -2.02. The molecule has 2 N–H and O–H groups in total. The molecule has 0 unspecified atom stereocenters. The molecule has 0 spiro atoms. The summed E-state index contributed by atoms with van der Waals surface area (Å²) < 4.78 is 1.86. The van der Waals surface area contributed by atoms with Crippen molar-refractivity contribution in [3.8, 4) is 6.07 Å². The van der Waals surface area contributed by atoms with E-state index in [2.05, 4.69) is 36.3 Å². The van der Waals surface area contributed by atoms with Gasteiger partial charge in [0.2, 0.25) is 5.82 Å². The van der Waals surface area contributed by atoms with Crippen LogP contribution in [0.3, 0.4) is 0 Å². The monoisotopic (exact) mass is 343 g/mol. The molecule has 4 rings (SSSR count). The molecule has 2 heterocycles. The fourth-order valence-corrected chi connectivity index (χ4v) is 2.49. The molecule has 0 aliphatic heterocycles. The molecule has 4 aromatic rings. The zero-order valence-electron chi connectivity index (χ0n) is 13.5. The molecule has 26 heavy (non-hydrogen) atoms. The lowest BCUT2D eigenvalue weighted by Gasteiger charge is -2.05. The van der Waals surface area contributed by atoms with Crippen molar-refractivity contribution in [3.63, 3.8) is 0 Å². The summed E-state index contributed by atoms with van der Waals surface area (Å²) in [5.41, 5.74) is 4.09. The number of rotatable bonds is 5. The number of allylic oxidation sites excluding steroid dienone is 1. The first-order valence-corrected chi connectivity index (χ1v) is 7.81. The van der Waals surface area contributed by atoms with Crippen LogP contribution >= 0.6 is 0 Å². The van der Waals surface area contributed by atoms with E-state index in [0.717, 1.165) is 22.3 Å². The van der Waals surface area contributed by atoms with Gasteiger partial charge in [0, 0.05) is 11.9 Å². The number of benzene rings is 2. The number of anilines is 1. The third kappa shape index (κ3) is 3.11. The van der Waals surface area contributed by atoms with Crippen molar-refractivity contribution in [2.75, 3.05) is 5.32 Å². The highest BCUT2D eigenvalue weighted by atomic mass is 15.5. The second-order valence-corrected chi connectivity index (χ2v) is 5.48. The Bertz CT molecular complexity index is 1090. The molecule has 2 aromatic heterocycles. The van der Waals surface area contributed by atoms with E-state index in [9.17, 15) is 0 Å². The Morgan fingerprint density at radius 2 is 2.00 bits per heavy atom. The van der Waals surface area contributed by atoms with E-state index in [4.69, 9.17) is 5.26 Å². The van der Waals surface area contributed by atoms with Gasteiger partial charge in [-0.05, 0) is 35.0 Å². The van der Waals surface area contributed by atoms with E-state index in [0.29, 0.717) is 6.54 Å². The fourth-order valence-electron chi connectivity index (χ4n) is 2.49. The first-order valence-electron chi connectivity index (χ1n) is 7.81. The summed E-state index contributed by atoms with van der Waals surface area (Å²) in [6, 6.07) is 17.7. The van der Waals surface area contributed by atoms with Crippen LogP contribution in [-0.2, 0) is 6.54 Å². The number of hydrogen-bond donors (Lipinski definition) is 2. The maximum Gasteiger partial charge on any atom is 0.216 e. The number of para-hydroxylation sites is 1. The van der Waals surface area contributed by atoms with Gasteiger partial charge in [-0.25, -0.2) is 4.68 Å². The van der Waals surface area contributed by atoms with Gasteiger partial charge < -0.3 is 5.32 Å². The van der Waals surface area contributed by atoms with Crippen molar-refractivity contribution in [2.45, 2.75) is 6.54 Å². The van der Waals surface area contributed by atoms with Gasteiger partial charge in [0.25, 0.3) is 0 Å². The van der Waals surface area contributed by atoms with E-state index < -0.39 is 0 Å². The lowest BCUT2D eigenvalue weighted by molar-refractivity contribution is 0.670. The van der Waals surface area contributed by atoms with Crippen molar-refractivity contribution in [3.05, 3.63) is 66.1 Å². The average Bonchev–Trinajstić information content (AvgIpc) is 3.34. The van der Waals surface area contributed by atoms with Crippen LogP contribution in [0.5, 0.6) is 0 Å². The Labute approximate surface area is 148 Å². The summed E-state index contributed by atoms with van der Waals surface area (Å²) in [7, 11) is 0. The second kappa shape index (κ2) is 6.82. The highest BCUT2D eigenvalue weighted by molar-refractivity contribution is 5.74. The van der Waals surface area contributed by atoms with Gasteiger partial charge in [-0.3, -0.25) is 0 Å². The topological polar surface area (TPSA) is 121 Å². The molecule has 126 valence electrons. The molecule has 0 amide bonds. The van der Waals surface area contributed by atoms with E-state index in [1.54, 1.807) is 6.20 Å². The Morgan fingerprint density at radius 1 is 1.15 bits per heavy atom. The quantitative estimate of drug-likeness (QED) is 0.531. The van der Waals surface area contributed by atoms with Crippen molar-refractivity contribution in [1.29, 1.82) is 5.26 Å². The van der Waals surface area contributed by atoms with Gasteiger partial charge in [0.1, 0.15) is 17.2 Å². The van der Waals surface area contributed by atoms with E-state index in [-0.39, 0.29) is 11.4 Å². The predicted octanol–water partition coefficient (Wildman–Crippen LogP) is 1.97. The summed E-state index contributed by atoms with van der Waals surface area (Å²) in [5, 5.41) is 33.9. The molecule has 0 aliphatic carbocycles. The van der Waals surface area contributed by atoms with Gasteiger partial charge in [-0.15, -0.1) is 15.3 Å². The number of nitriles is 1. The standard InChI is InChI=1S/C17H13N9/c18-9-13(17-21-23-24-22-17)10-19-14-7-5-12(6-8-14)11-26-16-4-2-1-3-15(16)20-25-26/h1-8,10,19H,11H2,(H,21,22,23,24). The number of nitrogens with one attached hydrogen (secondary N) is 2. The van der Waals surface area contributed by atoms with Gasteiger partial charge in [-0.2, -0.15) is 10.5 Å². The zero-order chi connectivity index (χ0) is 17.8. The SMILES string of the molecule is N#CC(=CNc1ccc(Cn2nnc3ccccc32)cc1)c1nn[nH]n1. The first-order chi connectivity index (χ1) is 12.8. The van der Waals surface area contributed by atoms with Crippen LogP contribution in [0.1, 0.15) is 11.4 Å². The molecular weight excluding hydrogens is 330 g/mol. The normalized spacial score (nSPS) is 11.4. The minimum Gasteiger partial charge on any atom is -0.360 e. The molecule has 0 saturated heterocycles. The minimum atomic E-state index is 0.245. The summed E-state index contributed by atoms with van der Waals surface area (Å²) >= 11 is 0. The van der Waals surface area contributed by atoms with Gasteiger partial charge >= 0.3 is 0 Å². The van der Waals surface area contributed by atoms with Crippen LogP contribution in [0, 0.1) is 11.3 Å². The van der Waals surface area contributed by atoms with Gasteiger partial charge in [-0.1, -0.05) is 29.5 Å². The maximum atomic E-state index is 9.15. The van der Waals surface area contributed by atoms with E-state index in [1.165, 1.54) is 0 Å². The zero-order valence-corrected chi connectivity index (χ0v) is 13.5. The highest BCUT2D eigenvalue weighted by Gasteiger charge is 2.06. The molecule has 0 radical (unpaired) electrons. The van der Waals surface area contributed by atoms with Crippen LogP contribution in [0.25, 0.3) is 16.6 Å². The molecule has 9 heteroatoms. The number of nitrogens with zero attached hydrogens (tertiary/aromatic N) is 7. The Hall–Kier alpha value is -4.06. The Kier molecular flexibility index (Phi) is 4.06. The molecule has 9 nitrogen and oxygen atoms in total. The average molecular weight is 343 g/mol. The third-order valence-electron chi connectivity index (χ3n) is 3.80. The van der Waals surface area contributed by atoms with Crippen LogP contribution in [0.15, 0.2) is 54.7 Å². The van der Waals surface area contributed by atoms with Crippen LogP contribution in [0.2, 0.25) is 0 Å². The van der Waals surface area contributed by atoms with Crippen molar-refractivity contribution in [2.24, 2.45) is 0 Å². The minimum absolute atomic E-state index is 0.245. The molecule has 0 fully saturated rings. The number of fused-ring (bicyclic) bond motifs is 1. The maximum absolute atomic E-state index is 9.15. The second-order valence-electron chi connectivity index (χ2n) is 5.48. The number of aromatic amines is 1. The van der Waals surface area contributed by atoms with E-state index >= 15 is 0 Å². The van der Waals surface area contributed by atoms with Crippen LogP contribution < -0.4 is 5.32 Å². The molecular formula is C17H13N9. The summed E-state index contributed by atoms with van der Waals surface area (Å²) in [6.45, 7) is 0.628. The van der Waals surface area contributed by atoms with Crippen LogP contribution in [-0.4, -0.2) is 35.6 Å². The molecule has 2 aromatic carbocycles. The van der Waals surface area contributed by atoms with Crippen molar-refractivity contribution < 1.29 is 0 Å². The summed E-state index contributed by atoms with van der Waals surface area (Å²) in [6.07, 6.45) is 1.55. The molecule has 0 saturated carbocycles. The third-order valence-corrected chi connectivity index (χ3v) is 3.80. The predicted molar refractivity (Wildman–Crippen MR) is 94.5 cm³/mol. The number of aromatic nitrogens is 7. The molecule has 0 atom stereocenters. The smallest absolute Gasteiger partial charge is 0.216 e. The van der Waals surface area contributed by atoms with Crippen molar-refractivity contribution in [1.82, 2.24) is 35.6 Å². The molecule has 0 aliphatic rings. The largest absolute Gasteiger partial charge is 0.360 e. The first kappa shape index (κ1) is 15.5. The lowest BCUT2D eigenvalue weighted by atomic mass is 10.2. The van der Waals surface area contributed by atoms with Crippen LogP contribution in [0.4, 0.5) is 5.69 Å². The number of H-pyrrole nitrogens is 1. The summed E-state index contributed by atoms with van der Waals surface area (Å²) in [4.78, 5) is 0.